The molecule has 1 nitrogen and oxygen atoms in total. The van der Waals surface area contributed by atoms with Gasteiger partial charge in [-0.15, -0.1) is 11.8 Å². The Kier molecular flexibility index (Phi) is 5.57. The second-order valence-electron chi connectivity index (χ2n) is 6.78. The normalized spacial score (nSPS) is 25.6. The maximum atomic E-state index is 3.82. The van der Waals surface area contributed by atoms with Crippen LogP contribution < -0.4 is 5.32 Å². The van der Waals surface area contributed by atoms with Gasteiger partial charge in [0, 0.05) is 16.2 Å². The molecule has 0 radical (unpaired) electrons. The molecule has 0 spiro atoms. The van der Waals surface area contributed by atoms with Gasteiger partial charge in [0.2, 0.25) is 0 Å². The minimum atomic E-state index is 0.412. The lowest BCUT2D eigenvalue weighted by Crippen LogP contribution is -2.51. The summed E-state index contributed by atoms with van der Waals surface area (Å²) in [5.74, 6) is 0. The average Bonchev–Trinajstić information content (AvgIpc) is 2.40. The summed E-state index contributed by atoms with van der Waals surface area (Å²) in [6, 6.07) is 9.63. The highest BCUT2D eigenvalue weighted by molar-refractivity contribution is 8.00. The molecule has 1 aliphatic rings. The summed E-state index contributed by atoms with van der Waals surface area (Å²) in [7, 11) is 0. The van der Waals surface area contributed by atoms with Crippen molar-refractivity contribution >= 4 is 11.8 Å². The number of hydrogen-bond acceptors (Lipinski definition) is 2. The predicted octanol–water partition coefficient (Wildman–Crippen LogP) is 5.03. The van der Waals surface area contributed by atoms with Gasteiger partial charge in [-0.3, -0.25) is 0 Å². The molecular formula is C18H29NS. The van der Waals surface area contributed by atoms with Crippen molar-refractivity contribution in [1.29, 1.82) is 0 Å². The Morgan fingerprint density at radius 3 is 2.60 bits per heavy atom. The topological polar surface area (TPSA) is 12.0 Å². The number of thioether (sulfide) groups is 1. The molecule has 1 aromatic rings. The lowest BCUT2D eigenvalue weighted by Gasteiger charge is -2.44. The number of nitrogens with one attached hydrogen (secondary N) is 1. The Bertz CT molecular complexity index is 410. The molecule has 0 aromatic heterocycles. The Hall–Kier alpha value is -0.470. The number of benzene rings is 1. The van der Waals surface area contributed by atoms with E-state index in [1.807, 2.05) is 0 Å². The van der Waals surface area contributed by atoms with E-state index in [0.717, 1.165) is 6.54 Å². The zero-order chi connectivity index (χ0) is 14.6. The third kappa shape index (κ3) is 4.02. The van der Waals surface area contributed by atoms with Gasteiger partial charge in [-0.05, 0) is 50.3 Å². The smallest absolute Gasteiger partial charge is 0.0253 e. The second kappa shape index (κ2) is 7.00. The summed E-state index contributed by atoms with van der Waals surface area (Å²) in [6.07, 6.45) is 5.26. The van der Waals surface area contributed by atoms with Crippen molar-refractivity contribution < 1.29 is 0 Å². The fraction of sp³-hybridized carbons (Fsp3) is 0.667. The van der Waals surface area contributed by atoms with Gasteiger partial charge in [-0.1, -0.05) is 44.9 Å². The highest BCUT2D eigenvalue weighted by Gasteiger charge is 2.38. The fourth-order valence-electron chi connectivity index (χ4n) is 3.21. The molecule has 112 valence electrons. The number of aryl methyl sites for hydroxylation is 1. The monoisotopic (exact) mass is 291 g/mol. The summed E-state index contributed by atoms with van der Waals surface area (Å²) < 4.78 is 0. The van der Waals surface area contributed by atoms with Crippen molar-refractivity contribution in [3.63, 3.8) is 0 Å². The molecule has 2 atom stereocenters. The van der Waals surface area contributed by atoms with Crippen LogP contribution in [-0.4, -0.2) is 17.8 Å². The van der Waals surface area contributed by atoms with E-state index in [2.05, 4.69) is 69.0 Å². The van der Waals surface area contributed by atoms with Crippen LogP contribution >= 0.6 is 11.8 Å². The zero-order valence-electron chi connectivity index (χ0n) is 13.4. The van der Waals surface area contributed by atoms with Crippen molar-refractivity contribution in [2.24, 2.45) is 5.41 Å². The predicted molar refractivity (Wildman–Crippen MR) is 90.5 cm³/mol. The Morgan fingerprint density at radius 1 is 1.25 bits per heavy atom. The van der Waals surface area contributed by atoms with E-state index >= 15 is 0 Å². The van der Waals surface area contributed by atoms with E-state index < -0.39 is 0 Å². The first-order valence-corrected chi connectivity index (χ1v) is 8.87. The minimum absolute atomic E-state index is 0.412. The third-order valence-corrected chi connectivity index (χ3v) is 5.80. The van der Waals surface area contributed by atoms with E-state index in [9.17, 15) is 0 Å². The molecule has 0 aliphatic heterocycles. The van der Waals surface area contributed by atoms with Crippen LogP contribution in [0.4, 0.5) is 0 Å². The van der Waals surface area contributed by atoms with Gasteiger partial charge in [0.25, 0.3) is 0 Å². The molecule has 20 heavy (non-hydrogen) atoms. The number of hydrogen-bond donors (Lipinski definition) is 1. The first-order chi connectivity index (χ1) is 9.53. The summed E-state index contributed by atoms with van der Waals surface area (Å²) in [6.45, 7) is 10.4. The van der Waals surface area contributed by atoms with Crippen molar-refractivity contribution in [3.05, 3.63) is 29.8 Å². The summed E-state index contributed by atoms with van der Waals surface area (Å²) in [5, 5.41) is 4.52. The summed E-state index contributed by atoms with van der Waals surface area (Å²) >= 11 is 2.07. The molecule has 1 saturated carbocycles. The van der Waals surface area contributed by atoms with Gasteiger partial charge in [0.1, 0.15) is 0 Å². The quantitative estimate of drug-likeness (QED) is 0.816. The highest BCUT2D eigenvalue weighted by Crippen LogP contribution is 2.42. The van der Waals surface area contributed by atoms with Crippen molar-refractivity contribution in [2.45, 2.75) is 69.6 Å². The molecule has 0 bridgehead atoms. The first-order valence-electron chi connectivity index (χ1n) is 7.99. The Labute approximate surface area is 128 Å². The van der Waals surface area contributed by atoms with Gasteiger partial charge < -0.3 is 5.32 Å². The van der Waals surface area contributed by atoms with Crippen LogP contribution in [0.15, 0.2) is 29.2 Å². The largest absolute Gasteiger partial charge is 0.312 e. The van der Waals surface area contributed by atoms with E-state index in [-0.39, 0.29) is 0 Å². The molecule has 1 aromatic carbocycles. The van der Waals surface area contributed by atoms with Crippen molar-refractivity contribution in [1.82, 2.24) is 5.32 Å². The number of rotatable bonds is 5. The lowest BCUT2D eigenvalue weighted by atomic mass is 9.73. The maximum absolute atomic E-state index is 3.82. The van der Waals surface area contributed by atoms with Crippen molar-refractivity contribution in [2.75, 3.05) is 6.54 Å². The molecule has 2 heteroatoms. The molecule has 0 saturated heterocycles. The molecule has 0 heterocycles. The van der Waals surface area contributed by atoms with Crippen LogP contribution in [0.2, 0.25) is 0 Å². The lowest BCUT2D eigenvalue weighted by molar-refractivity contribution is 0.175. The minimum Gasteiger partial charge on any atom is -0.312 e. The van der Waals surface area contributed by atoms with Gasteiger partial charge in [-0.25, -0.2) is 0 Å². The van der Waals surface area contributed by atoms with Gasteiger partial charge >= 0.3 is 0 Å². The SMILES string of the molecule is CCCNC1C(Sc2ccc(C)cc2)CCCC1(C)C. The van der Waals surface area contributed by atoms with Crippen LogP contribution in [0.3, 0.4) is 0 Å². The average molecular weight is 292 g/mol. The zero-order valence-corrected chi connectivity index (χ0v) is 14.2. The summed E-state index contributed by atoms with van der Waals surface area (Å²) in [5.41, 5.74) is 1.76. The first kappa shape index (κ1) is 15.9. The van der Waals surface area contributed by atoms with Gasteiger partial charge in [-0.2, -0.15) is 0 Å². The van der Waals surface area contributed by atoms with E-state index in [0.29, 0.717) is 16.7 Å². The molecule has 2 unspecified atom stereocenters. The van der Waals surface area contributed by atoms with Gasteiger partial charge in [0.05, 0.1) is 0 Å². The van der Waals surface area contributed by atoms with Crippen molar-refractivity contribution in [3.8, 4) is 0 Å². The van der Waals surface area contributed by atoms with E-state index in [1.54, 1.807) is 0 Å². The standard InChI is InChI=1S/C18H29NS/c1-5-13-19-17-16(7-6-12-18(17,3)4)20-15-10-8-14(2)9-11-15/h8-11,16-17,19H,5-7,12-13H2,1-4H3. The molecule has 1 N–H and O–H groups in total. The molecule has 1 aliphatic carbocycles. The molecule has 0 amide bonds. The van der Waals surface area contributed by atoms with E-state index in [4.69, 9.17) is 0 Å². The maximum Gasteiger partial charge on any atom is 0.0253 e. The third-order valence-electron chi connectivity index (χ3n) is 4.45. The summed E-state index contributed by atoms with van der Waals surface area (Å²) in [4.78, 5) is 1.42. The Morgan fingerprint density at radius 2 is 1.95 bits per heavy atom. The highest BCUT2D eigenvalue weighted by atomic mass is 32.2. The van der Waals surface area contributed by atoms with Crippen LogP contribution in [0.5, 0.6) is 0 Å². The van der Waals surface area contributed by atoms with Gasteiger partial charge in [0.15, 0.2) is 0 Å². The van der Waals surface area contributed by atoms with E-state index in [1.165, 1.54) is 36.1 Å². The molecule has 2 rings (SSSR count). The molecule has 1 fully saturated rings. The second-order valence-corrected chi connectivity index (χ2v) is 8.09. The fourth-order valence-corrected chi connectivity index (χ4v) is 4.74. The molecular weight excluding hydrogens is 262 g/mol. The van der Waals surface area contributed by atoms with Crippen LogP contribution in [-0.2, 0) is 0 Å². The van der Waals surface area contributed by atoms with Crippen LogP contribution in [0.1, 0.15) is 52.0 Å². The van der Waals surface area contributed by atoms with Crippen LogP contribution in [0.25, 0.3) is 0 Å². The van der Waals surface area contributed by atoms with Crippen LogP contribution in [0, 0.1) is 12.3 Å². The Balaban J connectivity index is 2.08.